The maximum atomic E-state index is 12.3. The van der Waals surface area contributed by atoms with E-state index in [0.717, 1.165) is 12.8 Å². The van der Waals surface area contributed by atoms with E-state index in [-0.39, 0.29) is 11.7 Å². The van der Waals surface area contributed by atoms with E-state index in [1.807, 2.05) is 0 Å². The largest absolute Gasteiger partial charge is 0.497 e. The van der Waals surface area contributed by atoms with Gasteiger partial charge in [-0.05, 0) is 51.8 Å². The highest BCUT2D eigenvalue weighted by Gasteiger charge is 2.32. The molecular formula is C16H21NO4. The molecule has 0 unspecified atom stereocenters. The number of carbonyl (C=O) groups is 2. The van der Waals surface area contributed by atoms with Crippen LogP contribution in [0.4, 0.5) is 10.5 Å². The van der Waals surface area contributed by atoms with Gasteiger partial charge in [0.25, 0.3) is 0 Å². The number of Topliss-reactive ketones (excluding diaryl/α,β-unsaturated/α-hetero) is 1. The van der Waals surface area contributed by atoms with Crippen molar-refractivity contribution in [3.8, 4) is 5.75 Å². The van der Waals surface area contributed by atoms with Crippen LogP contribution in [0.5, 0.6) is 5.75 Å². The smallest absolute Gasteiger partial charge is 0.412 e. The van der Waals surface area contributed by atoms with Crippen molar-refractivity contribution >= 4 is 17.6 Å². The zero-order chi connectivity index (χ0) is 15.6. The van der Waals surface area contributed by atoms with Gasteiger partial charge in [0, 0.05) is 11.5 Å². The number of amides is 1. The summed E-state index contributed by atoms with van der Waals surface area (Å²) in [6, 6.07) is 5.03. The molecule has 0 saturated heterocycles. The lowest BCUT2D eigenvalue weighted by molar-refractivity contribution is 0.0636. The third-order valence-electron chi connectivity index (χ3n) is 3.08. The standard InChI is InChI=1S/C16H21NO4/c1-16(2,3)21-15(19)17-13-8-7-11(20-4)9-12(13)14(18)10-5-6-10/h7-10H,5-6H2,1-4H3,(H,17,19). The van der Waals surface area contributed by atoms with E-state index in [9.17, 15) is 9.59 Å². The average molecular weight is 291 g/mol. The lowest BCUT2D eigenvalue weighted by Gasteiger charge is -2.20. The summed E-state index contributed by atoms with van der Waals surface area (Å²) < 4.78 is 10.4. The number of hydrogen-bond acceptors (Lipinski definition) is 4. The van der Waals surface area contributed by atoms with Gasteiger partial charge in [0.1, 0.15) is 11.4 Å². The Morgan fingerprint density at radius 2 is 1.90 bits per heavy atom. The van der Waals surface area contributed by atoms with Gasteiger partial charge in [-0.3, -0.25) is 10.1 Å². The van der Waals surface area contributed by atoms with E-state index in [0.29, 0.717) is 17.0 Å². The minimum Gasteiger partial charge on any atom is -0.497 e. The third-order valence-corrected chi connectivity index (χ3v) is 3.08. The Morgan fingerprint density at radius 1 is 1.24 bits per heavy atom. The fourth-order valence-electron chi connectivity index (χ4n) is 1.94. The predicted molar refractivity (Wildman–Crippen MR) is 79.9 cm³/mol. The van der Waals surface area contributed by atoms with Crippen molar-refractivity contribution in [3.63, 3.8) is 0 Å². The molecule has 0 aromatic heterocycles. The molecule has 21 heavy (non-hydrogen) atoms. The minimum atomic E-state index is -0.586. The molecule has 114 valence electrons. The van der Waals surface area contributed by atoms with Gasteiger partial charge in [0.2, 0.25) is 0 Å². The number of nitrogens with one attached hydrogen (secondary N) is 1. The maximum absolute atomic E-state index is 12.3. The highest BCUT2D eigenvalue weighted by Crippen LogP contribution is 2.36. The molecule has 0 spiro atoms. The van der Waals surface area contributed by atoms with E-state index >= 15 is 0 Å². The SMILES string of the molecule is COc1ccc(NC(=O)OC(C)(C)C)c(C(=O)C2CC2)c1. The minimum absolute atomic E-state index is 0.0416. The van der Waals surface area contributed by atoms with Crippen molar-refractivity contribution in [2.24, 2.45) is 5.92 Å². The van der Waals surface area contributed by atoms with Crippen LogP contribution in [0.2, 0.25) is 0 Å². The van der Waals surface area contributed by atoms with Crippen molar-refractivity contribution in [2.45, 2.75) is 39.2 Å². The summed E-state index contributed by atoms with van der Waals surface area (Å²) in [4.78, 5) is 24.2. The van der Waals surface area contributed by atoms with Crippen LogP contribution in [0.15, 0.2) is 18.2 Å². The summed E-state index contributed by atoms with van der Waals surface area (Å²) in [5, 5.41) is 2.64. The molecule has 0 radical (unpaired) electrons. The number of carbonyl (C=O) groups excluding carboxylic acids is 2. The van der Waals surface area contributed by atoms with Crippen LogP contribution >= 0.6 is 0 Å². The number of ketones is 1. The predicted octanol–water partition coefficient (Wildman–Crippen LogP) is 3.63. The molecule has 1 aromatic carbocycles. The average Bonchev–Trinajstić information content (AvgIpc) is 3.20. The van der Waals surface area contributed by atoms with Gasteiger partial charge in [-0.2, -0.15) is 0 Å². The monoisotopic (exact) mass is 291 g/mol. The fourth-order valence-corrected chi connectivity index (χ4v) is 1.94. The summed E-state index contributed by atoms with van der Waals surface area (Å²) in [5.74, 6) is 0.699. The molecule has 1 amide bonds. The highest BCUT2D eigenvalue weighted by molar-refractivity contribution is 6.06. The first-order valence-corrected chi connectivity index (χ1v) is 7.02. The number of ether oxygens (including phenoxy) is 2. The Balaban J connectivity index is 2.21. The second-order valence-corrected chi connectivity index (χ2v) is 6.18. The second-order valence-electron chi connectivity index (χ2n) is 6.18. The number of rotatable bonds is 4. The zero-order valence-corrected chi connectivity index (χ0v) is 12.9. The molecule has 1 aliphatic carbocycles. The normalized spacial score (nSPS) is 14.5. The zero-order valence-electron chi connectivity index (χ0n) is 12.9. The van der Waals surface area contributed by atoms with Gasteiger partial charge in [-0.1, -0.05) is 0 Å². The van der Waals surface area contributed by atoms with Gasteiger partial charge in [-0.15, -0.1) is 0 Å². The Morgan fingerprint density at radius 3 is 2.43 bits per heavy atom. The van der Waals surface area contributed by atoms with Crippen LogP contribution in [-0.4, -0.2) is 24.6 Å². The lowest BCUT2D eigenvalue weighted by atomic mass is 10.0. The van der Waals surface area contributed by atoms with Crippen molar-refractivity contribution in [2.75, 3.05) is 12.4 Å². The number of benzene rings is 1. The second kappa shape index (κ2) is 5.76. The maximum Gasteiger partial charge on any atom is 0.412 e. The van der Waals surface area contributed by atoms with Gasteiger partial charge < -0.3 is 9.47 Å². The van der Waals surface area contributed by atoms with E-state index in [1.54, 1.807) is 46.1 Å². The van der Waals surface area contributed by atoms with Crippen LogP contribution in [0.1, 0.15) is 44.0 Å². The first-order chi connectivity index (χ1) is 9.80. The summed E-state index contributed by atoms with van der Waals surface area (Å²) in [7, 11) is 1.54. The molecule has 1 aliphatic rings. The summed E-state index contributed by atoms with van der Waals surface area (Å²) >= 11 is 0. The van der Waals surface area contributed by atoms with Crippen molar-refractivity contribution in [3.05, 3.63) is 23.8 Å². The fraction of sp³-hybridized carbons (Fsp3) is 0.500. The molecule has 5 nitrogen and oxygen atoms in total. The van der Waals surface area contributed by atoms with E-state index in [1.165, 1.54) is 0 Å². The molecular weight excluding hydrogens is 270 g/mol. The quantitative estimate of drug-likeness (QED) is 0.860. The topological polar surface area (TPSA) is 64.6 Å². The van der Waals surface area contributed by atoms with E-state index < -0.39 is 11.7 Å². The van der Waals surface area contributed by atoms with Gasteiger partial charge in [0.05, 0.1) is 12.8 Å². The van der Waals surface area contributed by atoms with Crippen LogP contribution in [0, 0.1) is 5.92 Å². The van der Waals surface area contributed by atoms with Crippen molar-refractivity contribution in [1.29, 1.82) is 0 Å². The number of anilines is 1. The molecule has 1 N–H and O–H groups in total. The highest BCUT2D eigenvalue weighted by atomic mass is 16.6. The van der Waals surface area contributed by atoms with Crippen LogP contribution < -0.4 is 10.1 Å². The summed E-state index contributed by atoms with van der Waals surface area (Å²) in [6.07, 6.45) is 1.24. The Kier molecular flexibility index (Phi) is 4.21. The first kappa shape index (κ1) is 15.4. The summed E-state index contributed by atoms with van der Waals surface area (Å²) in [5.41, 5.74) is 0.349. The molecule has 1 aromatic rings. The first-order valence-electron chi connectivity index (χ1n) is 7.02. The van der Waals surface area contributed by atoms with Crippen molar-refractivity contribution < 1.29 is 19.1 Å². The molecule has 0 atom stereocenters. The Labute approximate surface area is 124 Å². The van der Waals surface area contributed by atoms with Gasteiger partial charge in [0.15, 0.2) is 5.78 Å². The van der Waals surface area contributed by atoms with Gasteiger partial charge >= 0.3 is 6.09 Å². The lowest BCUT2D eigenvalue weighted by Crippen LogP contribution is -2.27. The van der Waals surface area contributed by atoms with Crippen LogP contribution in [0.3, 0.4) is 0 Å². The molecule has 2 rings (SSSR count). The van der Waals surface area contributed by atoms with E-state index in [2.05, 4.69) is 5.32 Å². The van der Waals surface area contributed by atoms with Gasteiger partial charge in [-0.25, -0.2) is 4.79 Å². The Bertz CT molecular complexity index is 556. The molecule has 5 heteroatoms. The summed E-state index contributed by atoms with van der Waals surface area (Å²) in [6.45, 7) is 5.37. The van der Waals surface area contributed by atoms with Crippen LogP contribution in [-0.2, 0) is 4.74 Å². The molecule has 1 fully saturated rings. The molecule has 1 saturated carbocycles. The Hall–Kier alpha value is -2.04. The third kappa shape index (κ3) is 4.21. The van der Waals surface area contributed by atoms with Crippen LogP contribution in [0.25, 0.3) is 0 Å². The van der Waals surface area contributed by atoms with E-state index in [4.69, 9.17) is 9.47 Å². The number of hydrogen-bond donors (Lipinski definition) is 1. The molecule has 0 heterocycles. The number of methoxy groups -OCH3 is 1. The van der Waals surface area contributed by atoms with Crippen molar-refractivity contribution in [1.82, 2.24) is 0 Å². The molecule has 0 bridgehead atoms. The molecule has 0 aliphatic heterocycles.